The molecule has 0 radical (unpaired) electrons. The summed E-state index contributed by atoms with van der Waals surface area (Å²) in [7, 11) is 0.759. The summed E-state index contributed by atoms with van der Waals surface area (Å²) in [4.78, 5) is 11.8. The summed E-state index contributed by atoms with van der Waals surface area (Å²) in [6.45, 7) is 2.51. The fourth-order valence-corrected chi connectivity index (χ4v) is 3.16. The monoisotopic (exact) mass is 374 g/mol. The van der Waals surface area contributed by atoms with Gasteiger partial charge in [-0.25, -0.2) is 8.42 Å². The van der Waals surface area contributed by atoms with Crippen molar-refractivity contribution in [2.75, 3.05) is 45.0 Å². The molecule has 1 aromatic rings. The van der Waals surface area contributed by atoms with Crippen LogP contribution in [0.25, 0.3) is 0 Å². The maximum Gasteiger partial charge on any atom is 0.232 e. The molecule has 1 rings (SSSR count). The molecule has 8 nitrogen and oxygen atoms in total. The van der Waals surface area contributed by atoms with E-state index in [-0.39, 0.29) is 18.9 Å². The highest BCUT2D eigenvalue weighted by Gasteiger charge is 2.23. The number of carbonyl (C=O) groups excluding carboxylic acids is 1. The summed E-state index contributed by atoms with van der Waals surface area (Å²) < 4.78 is 41.3. The summed E-state index contributed by atoms with van der Waals surface area (Å²) in [5.74, 6) is 0.827. The van der Waals surface area contributed by atoms with Gasteiger partial charge in [0.25, 0.3) is 0 Å². The fourth-order valence-electron chi connectivity index (χ4n) is 2.25. The average Bonchev–Trinajstić information content (AvgIpc) is 2.57. The Hall–Kier alpha value is -2.16. The number of nitrogens with zero attached hydrogens (tertiary/aromatic N) is 1. The normalized spacial score (nSPS) is 10.9. The lowest BCUT2D eigenvalue weighted by molar-refractivity contribution is -0.120. The third-order valence-corrected chi connectivity index (χ3v) is 4.65. The number of ether oxygens (including phenoxy) is 3. The van der Waals surface area contributed by atoms with E-state index in [9.17, 15) is 13.2 Å². The molecule has 1 amide bonds. The molecule has 0 saturated heterocycles. The zero-order chi connectivity index (χ0) is 19.0. The van der Waals surface area contributed by atoms with Crippen molar-refractivity contribution in [1.82, 2.24) is 5.32 Å². The van der Waals surface area contributed by atoms with E-state index >= 15 is 0 Å². The minimum atomic E-state index is -3.60. The van der Waals surface area contributed by atoms with Crippen LogP contribution in [0.15, 0.2) is 12.1 Å². The van der Waals surface area contributed by atoms with Gasteiger partial charge in [0.05, 0.1) is 33.3 Å². The fraction of sp³-hybridized carbons (Fsp3) is 0.562. The quantitative estimate of drug-likeness (QED) is 0.665. The molecule has 0 heterocycles. The Morgan fingerprint density at radius 2 is 1.68 bits per heavy atom. The van der Waals surface area contributed by atoms with Crippen LogP contribution < -0.4 is 23.8 Å². The predicted molar refractivity (Wildman–Crippen MR) is 96.2 cm³/mol. The molecule has 25 heavy (non-hydrogen) atoms. The minimum absolute atomic E-state index is 0.00696. The lowest BCUT2D eigenvalue weighted by Crippen LogP contribution is -2.34. The second kappa shape index (κ2) is 9.36. The second-order valence-corrected chi connectivity index (χ2v) is 7.23. The number of nitrogens with one attached hydrogen (secondary N) is 1. The van der Waals surface area contributed by atoms with Gasteiger partial charge >= 0.3 is 0 Å². The summed E-state index contributed by atoms with van der Waals surface area (Å²) in [6.07, 6.45) is 1.94. The van der Waals surface area contributed by atoms with Gasteiger partial charge in [0.1, 0.15) is 0 Å². The van der Waals surface area contributed by atoms with Crippen molar-refractivity contribution in [3.05, 3.63) is 12.1 Å². The summed E-state index contributed by atoms with van der Waals surface area (Å²) in [5, 5.41) is 2.72. The Morgan fingerprint density at radius 3 is 2.08 bits per heavy atom. The van der Waals surface area contributed by atoms with Crippen molar-refractivity contribution >= 4 is 21.6 Å². The van der Waals surface area contributed by atoms with Gasteiger partial charge in [-0.15, -0.1) is 0 Å². The van der Waals surface area contributed by atoms with Gasteiger partial charge in [-0.2, -0.15) is 0 Å². The average molecular weight is 374 g/mol. The van der Waals surface area contributed by atoms with Gasteiger partial charge < -0.3 is 19.5 Å². The molecule has 0 spiro atoms. The van der Waals surface area contributed by atoms with Crippen LogP contribution in [0.2, 0.25) is 0 Å². The first-order valence-corrected chi connectivity index (χ1v) is 9.67. The van der Waals surface area contributed by atoms with E-state index in [4.69, 9.17) is 14.2 Å². The number of amides is 1. The van der Waals surface area contributed by atoms with Gasteiger partial charge in [-0.3, -0.25) is 9.10 Å². The number of hydrogen-bond donors (Lipinski definition) is 1. The number of methoxy groups -OCH3 is 3. The molecule has 1 aromatic carbocycles. The van der Waals surface area contributed by atoms with Gasteiger partial charge in [0.2, 0.25) is 21.7 Å². The standard InChI is InChI=1S/C16H26N2O6S/c1-6-8-17-15(19)7-9-18(25(5,20)21)12-10-13(22-2)16(24-4)14(11-12)23-3/h10-11H,6-9H2,1-5H3,(H,17,19). The maximum absolute atomic E-state index is 12.2. The van der Waals surface area contributed by atoms with Crippen LogP contribution in [0.1, 0.15) is 19.8 Å². The molecule has 0 fully saturated rings. The number of anilines is 1. The zero-order valence-electron chi connectivity index (χ0n) is 15.3. The Kier molecular flexibility index (Phi) is 7.82. The van der Waals surface area contributed by atoms with Gasteiger partial charge in [-0.05, 0) is 6.42 Å². The predicted octanol–water partition coefficient (Wildman–Crippen LogP) is 1.39. The first-order chi connectivity index (χ1) is 11.8. The van der Waals surface area contributed by atoms with E-state index in [0.717, 1.165) is 17.0 Å². The van der Waals surface area contributed by atoms with Gasteiger partial charge in [-0.1, -0.05) is 6.92 Å². The SMILES string of the molecule is CCCNC(=O)CCN(c1cc(OC)c(OC)c(OC)c1)S(C)(=O)=O. The Balaban J connectivity index is 3.18. The molecule has 142 valence electrons. The van der Waals surface area contributed by atoms with Crippen LogP contribution in [0.5, 0.6) is 17.2 Å². The van der Waals surface area contributed by atoms with Crippen LogP contribution >= 0.6 is 0 Å². The zero-order valence-corrected chi connectivity index (χ0v) is 16.1. The van der Waals surface area contributed by atoms with Crippen molar-refractivity contribution in [3.63, 3.8) is 0 Å². The molecule has 0 aliphatic rings. The van der Waals surface area contributed by atoms with E-state index in [1.807, 2.05) is 6.92 Å². The van der Waals surface area contributed by atoms with Crippen molar-refractivity contribution in [2.45, 2.75) is 19.8 Å². The van der Waals surface area contributed by atoms with Crippen molar-refractivity contribution in [1.29, 1.82) is 0 Å². The largest absolute Gasteiger partial charge is 0.493 e. The number of carbonyl (C=O) groups is 1. The molecule has 0 aromatic heterocycles. The molecule has 0 unspecified atom stereocenters. The molecule has 0 aliphatic heterocycles. The van der Waals surface area contributed by atoms with E-state index in [1.165, 1.54) is 33.5 Å². The molecule has 0 atom stereocenters. The smallest absolute Gasteiger partial charge is 0.232 e. The highest BCUT2D eigenvalue weighted by Crippen LogP contribution is 2.41. The Morgan fingerprint density at radius 1 is 1.12 bits per heavy atom. The lowest BCUT2D eigenvalue weighted by Gasteiger charge is -2.24. The van der Waals surface area contributed by atoms with E-state index < -0.39 is 10.0 Å². The first kappa shape index (κ1) is 20.9. The maximum atomic E-state index is 12.2. The number of benzene rings is 1. The summed E-state index contributed by atoms with van der Waals surface area (Å²) in [6, 6.07) is 3.07. The number of hydrogen-bond acceptors (Lipinski definition) is 6. The molecular weight excluding hydrogens is 348 g/mol. The number of rotatable bonds is 10. The van der Waals surface area contributed by atoms with Crippen LogP contribution in [-0.4, -0.2) is 55.0 Å². The Labute approximate surface area is 149 Å². The third kappa shape index (κ3) is 5.70. The van der Waals surface area contributed by atoms with Crippen molar-refractivity contribution in [3.8, 4) is 17.2 Å². The van der Waals surface area contributed by atoms with Gasteiger partial charge in [0.15, 0.2) is 11.5 Å². The van der Waals surface area contributed by atoms with Crippen LogP contribution in [0.4, 0.5) is 5.69 Å². The molecule has 0 aliphatic carbocycles. The second-order valence-electron chi connectivity index (χ2n) is 5.32. The highest BCUT2D eigenvalue weighted by molar-refractivity contribution is 7.92. The molecule has 9 heteroatoms. The van der Waals surface area contributed by atoms with E-state index in [2.05, 4.69) is 5.32 Å². The summed E-state index contributed by atoms with van der Waals surface area (Å²) in [5.41, 5.74) is 0.334. The Bertz CT molecular complexity index is 665. The third-order valence-electron chi connectivity index (χ3n) is 3.45. The van der Waals surface area contributed by atoms with Crippen molar-refractivity contribution in [2.24, 2.45) is 0 Å². The highest BCUT2D eigenvalue weighted by atomic mass is 32.2. The van der Waals surface area contributed by atoms with E-state index in [0.29, 0.717) is 29.5 Å². The van der Waals surface area contributed by atoms with E-state index in [1.54, 1.807) is 0 Å². The van der Waals surface area contributed by atoms with Crippen molar-refractivity contribution < 1.29 is 27.4 Å². The molecular formula is C16H26N2O6S. The first-order valence-electron chi connectivity index (χ1n) is 7.82. The topological polar surface area (TPSA) is 94.2 Å². The van der Waals surface area contributed by atoms with Crippen LogP contribution in [0.3, 0.4) is 0 Å². The van der Waals surface area contributed by atoms with Gasteiger partial charge in [0, 0.05) is 31.6 Å². The summed E-state index contributed by atoms with van der Waals surface area (Å²) >= 11 is 0. The lowest BCUT2D eigenvalue weighted by atomic mass is 10.2. The number of sulfonamides is 1. The molecule has 1 N–H and O–H groups in total. The minimum Gasteiger partial charge on any atom is -0.493 e. The van der Waals surface area contributed by atoms with Crippen LogP contribution in [-0.2, 0) is 14.8 Å². The molecule has 0 bridgehead atoms. The molecule has 0 saturated carbocycles. The van der Waals surface area contributed by atoms with Crippen LogP contribution in [0, 0.1) is 0 Å².